The zero-order valence-corrected chi connectivity index (χ0v) is 22.1. The third kappa shape index (κ3) is 5.24. The van der Waals surface area contributed by atoms with Crippen molar-refractivity contribution < 1.29 is 9.59 Å². The van der Waals surface area contributed by atoms with Gasteiger partial charge in [-0.3, -0.25) is 9.59 Å². The minimum Gasteiger partial charge on any atom is -0.340 e. The van der Waals surface area contributed by atoms with Gasteiger partial charge >= 0.3 is 0 Å². The lowest BCUT2D eigenvalue weighted by Gasteiger charge is -2.40. The van der Waals surface area contributed by atoms with Crippen LogP contribution in [0.3, 0.4) is 0 Å². The molecule has 0 saturated carbocycles. The Labute approximate surface area is 223 Å². The summed E-state index contributed by atoms with van der Waals surface area (Å²) in [4.78, 5) is 33.1. The van der Waals surface area contributed by atoms with Gasteiger partial charge < -0.3 is 15.5 Å². The van der Waals surface area contributed by atoms with Crippen LogP contribution in [0.4, 0.5) is 11.4 Å². The summed E-state index contributed by atoms with van der Waals surface area (Å²) in [6.45, 7) is 2.73. The number of carbonyl (C=O) groups excluding carboxylic acids is 2. The van der Waals surface area contributed by atoms with Crippen molar-refractivity contribution >= 4 is 56.0 Å². The van der Waals surface area contributed by atoms with E-state index in [0.29, 0.717) is 16.8 Å². The van der Waals surface area contributed by atoms with Gasteiger partial charge in [-0.2, -0.15) is 0 Å². The predicted octanol–water partition coefficient (Wildman–Crippen LogP) is 6.46. The first-order valence-electron chi connectivity index (χ1n) is 11.7. The molecule has 2 aliphatic heterocycles. The molecular weight excluding hydrogens is 536 g/mol. The number of amidine groups is 1. The lowest BCUT2D eigenvalue weighted by atomic mass is 9.93. The van der Waals surface area contributed by atoms with Crippen molar-refractivity contribution in [2.45, 2.75) is 19.4 Å². The fraction of sp³-hybridized carbons (Fsp3) is 0.179. The molecule has 0 radical (unpaired) electrons. The second-order valence-corrected chi connectivity index (χ2v) is 10.6. The lowest BCUT2D eigenvalue weighted by Crippen LogP contribution is -2.43. The Hall–Kier alpha value is -3.36. The van der Waals surface area contributed by atoms with Crippen molar-refractivity contribution in [3.05, 3.63) is 106 Å². The van der Waals surface area contributed by atoms with E-state index in [1.807, 2.05) is 73.7 Å². The monoisotopic (exact) mass is 560 g/mol. The highest BCUT2D eigenvalue weighted by atomic mass is 79.9. The van der Waals surface area contributed by atoms with Crippen molar-refractivity contribution in [2.75, 3.05) is 22.9 Å². The number of halogens is 1. The molecule has 182 valence electrons. The van der Waals surface area contributed by atoms with Crippen LogP contribution in [0.5, 0.6) is 0 Å². The molecule has 2 N–H and O–H groups in total. The number of benzene rings is 3. The summed E-state index contributed by atoms with van der Waals surface area (Å²) in [5.74, 6) is 0.685. The molecule has 1 atom stereocenters. The fourth-order valence-corrected chi connectivity index (χ4v) is 5.66. The van der Waals surface area contributed by atoms with E-state index in [0.717, 1.165) is 45.3 Å². The summed E-state index contributed by atoms with van der Waals surface area (Å²) in [6, 6.07) is 24.2. The molecule has 0 unspecified atom stereocenters. The normalized spacial score (nSPS) is 17.2. The quantitative estimate of drug-likeness (QED) is 0.375. The number of para-hydroxylation sites is 1. The first-order chi connectivity index (χ1) is 17.5. The minimum atomic E-state index is -0.259. The van der Waals surface area contributed by atoms with Gasteiger partial charge in [-0.1, -0.05) is 58.0 Å². The highest BCUT2D eigenvalue weighted by molar-refractivity contribution is 9.10. The number of anilines is 2. The summed E-state index contributed by atoms with van der Waals surface area (Å²) in [5.41, 5.74) is 4.36. The third-order valence-electron chi connectivity index (χ3n) is 6.13. The second kappa shape index (κ2) is 10.7. The van der Waals surface area contributed by atoms with Gasteiger partial charge in [0.05, 0.1) is 17.3 Å². The molecule has 0 aliphatic carbocycles. The zero-order chi connectivity index (χ0) is 25.1. The highest BCUT2D eigenvalue weighted by Gasteiger charge is 2.37. The number of carbonyl (C=O) groups is 2. The highest BCUT2D eigenvalue weighted by Crippen LogP contribution is 2.40. The van der Waals surface area contributed by atoms with Gasteiger partial charge in [-0.05, 0) is 67.4 Å². The van der Waals surface area contributed by atoms with Gasteiger partial charge in [0.1, 0.15) is 0 Å². The number of hydrogen-bond donors (Lipinski definition) is 2. The van der Waals surface area contributed by atoms with Crippen molar-refractivity contribution in [3.8, 4) is 0 Å². The number of nitrogens with one attached hydrogen (secondary N) is 2. The average Bonchev–Trinajstić information content (AvgIpc) is 2.89. The van der Waals surface area contributed by atoms with Gasteiger partial charge in [0.2, 0.25) is 0 Å². The third-order valence-corrected chi connectivity index (χ3v) is 7.73. The number of nitrogens with zero attached hydrogens (tertiary/aromatic N) is 2. The maximum atomic E-state index is 13.5. The Morgan fingerprint density at radius 3 is 2.31 bits per heavy atom. The SMILES string of the molecule is CC1=C(C(=O)Nc2ccccc2)[C@@H](c2ccc(NC(=O)c3ccc(Br)cc3)cc2)N2CCCSC2=N1. The van der Waals surface area contributed by atoms with Gasteiger partial charge in [-0.15, -0.1) is 0 Å². The van der Waals surface area contributed by atoms with Crippen molar-refractivity contribution in [1.29, 1.82) is 0 Å². The molecule has 0 aromatic heterocycles. The summed E-state index contributed by atoms with van der Waals surface area (Å²) >= 11 is 5.12. The molecule has 8 heteroatoms. The van der Waals surface area contributed by atoms with Crippen molar-refractivity contribution in [2.24, 2.45) is 4.99 Å². The molecule has 6 nitrogen and oxygen atoms in total. The zero-order valence-electron chi connectivity index (χ0n) is 19.7. The second-order valence-electron chi connectivity index (χ2n) is 8.59. The number of thioether (sulfide) groups is 1. The van der Waals surface area contributed by atoms with Gasteiger partial charge in [0.15, 0.2) is 5.17 Å². The first kappa shape index (κ1) is 24.3. The fourth-order valence-electron chi connectivity index (χ4n) is 4.38. The molecule has 1 saturated heterocycles. The Kier molecular flexibility index (Phi) is 7.25. The van der Waals surface area contributed by atoms with Crippen LogP contribution < -0.4 is 10.6 Å². The van der Waals surface area contributed by atoms with Crippen molar-refractivity contribution in [1.82, 2.24) is 4.90 Å². The average molecular weight is 562 g/mol. The molecule has 0 spiro atoms. The van der Waals surface area contributed by atoms with E-state index in [1.54, 1.807) is 23.9 Å². The maximum Gasteiger partial charge on any atom is 0.255 e. The van der Waals surface area contributed by atoms with Crippen LogP contribution in [0.15, 0.2) is 99.6 Å². The largest absolute Gasteiger partial charge is 0.340 e. The summed E-state index contributed by atoms with van der Waals surface area (Å²) in [5, 5.41) is 6.94. The van der Waals surface area contributed by atoms with Crippen LogP contribution in [-0.4, -0.2) is 34.2 Å². The van der Waals surface area contributed by atoms with Crippen LogP contribution in [0.25, 0.3) is 0 Å². The molecule has 2 heterocycles. The number of rotatable bonds is 5. The summed E-state index contributed by atoms with van der Waals surface area (Å²) in [6.07, 6.45) is 1.02. The standard InChI is InChI=1S/C28H25BrN4O2S/c1-18-24(27(35)32-22-6-3-2-4-7-22)25(33-16-5-17-36-28(33)30-18)19-10-14-23(15-11-19)31-26(34)20-8-12-21(29)13-9-20/h2-4,6-15,25H,5,16-17H2,1H3,(H,31,34)(H,32,35)/t25-/m1/s1. The van der Waals surface area contributed by atoms with E-state index in [4.69, 9.17) is 4.99 Å². The number of hydrogen-bond acceptors (Lipinski definition) is 5. The van der Waals surface area contributed by atoms with E-state index >= 15 is 0 Å². The maximum absolute atomic E-state index is 13.5. The number of allylic oxidation sites excluding steroid dienone is 1. The molecule has 36 heavy (non-hydrogen) atoms. The van der Waals surface area contributed by atoms with Crippen LogP contribution in [-0.2, 0) is 4.79 Å². The Balaban J connectivity index is 1.42. The molecule has 3 aromatic rings. The van der Waals surface area contributed by atoms with E-state index < -0.39 is 0 Å². The predicted molar refractivity (Wildman–Crippen MR) is 150 cm³/mol. The first-order valence-corrected chi connectivity index (χ1v) is 13.5. The molecule has 2 amide bonds. The van der Waals surface area contributed by atoms with Crippen LogP contribution in [0, 0.1) is 0 Å². The Bertz CT molecular complexity index is 1340. The van der Waals surface area contributed by atoms with Gasteiger partial charge in [0, 0.05) is 33.7 Å². The smallest absolute Gasteiger partial charge is 0.255 e. The molecule has 5 rings (SSSR count). The Morgan fingerprint density at radius 1 is 0.917 bits per heavy atom. The molecule has 3 aromatic carbocycles. The topological polar surface area (TPSA) is 73.8 Å². The number of amides is 2. The van der Waals surface area contributed by atoms with E-state index in [9.17, 15) is 9.59 Å². The van der Waals surface area contributed by atoms with Crippen LogP contribution in [0.2, 0.25) is 0 Å². The van der Waals surface area contributed by atoms with E-state index in [1.165, 1.54) is 0 Å². The molecule has 1 fully saturated rings. The van der Waals surface area contributed by atoms with Crippen LogP contribution >= 0.6 is 27.7 Å². The van der Waals surface area contributed by atoms with Crippen LogP contribution in [0.1, 0.15) is 35.3 Å². The minimum absolute atomic E-state index is 0.158. The number of aliphatic imine (C=N–C) groups is 1. The van der Waals surface area contributed by atoms with Gasteiger partial charge in [-0.25, -0.2) is 4.99 Å². The summed E-state index contributed by atoms with van der Waals surface area (Å²) < 4.78 is 0.921. The number of fused-ring (bicyclic) bond motifs is 1. The molecule has 0 bridgehead atoms. The van der Waals surface area contributed by atoms with Crippen molar-refractivity contribution in [3.63, 3.8) is 0 Å². The van der Waals surface area contributed by atoms with Gasteiger partial charge in [0.25, 0.3) is 11.8 Å². The molecule has 2 aliphatic rings. The van der Waals surface area contributed by atoms with E-state index in [-0.39, 0.29) is 17.9 Å². The Morgan fingerprint density at radius 2 is 1.58 bits per heavy atom. The summed E-state index contributed by atoms with van der Waals surface area (Å²) in [7, 11) is 0. The lowest BCUT2D eigenvalue weighted by molar-refractivity contribution is -0.113. The molecular formula is C28H25BrN4O2S. The van der Waals surface area contributed by atoms with E-state index in [2.05, 4.69) is 31.5 Å².